The van der Waals surface area contributed by atoms with Crippen LogP contribution in [0.2, 0.25) is 0 Å². The molecule has 6 heteroatoms. The molecule has 0 aliphatic carbocycles. The van der Waals surface area contributed by atoms with E-state index in [1.54, 1.807) is 16.2 Å². The molecule has 102 valence electrons. The van der Waals surface area contributed by atoms with Crippen molar-refractivity contribution in [3.8, 4) is 0 Å². The fourth-order valence-electron chi connectivity index (χ4n) is 2.05. The summed E-state index contributed by atoms with van der Waals surface area (Å²) in [4.78, 5) is 26.0. The van der Waals surface area contributed by atoms with Crippen molar-refractivity contribution < 1.29 is 14.7 Å². The molecule has 0 saturated heterocycles. The van der Waals surface area contributed by atoms with Gasteiger partial charge in [-0.1, -0.05) is 6.08 Å². The highest BCUT2D eigenvalue weighted by Gasteiger charge is 2.25. The van der Waals surface area contributed by atoms with E-state index in [9.17, 15) is 9.59 Å². The van der Waals surface area contributed by atoms with Crippen LogP contribution < -0.4 is 5.32 Å². The molecule has 2 amide bonds. The fourth-order valence-corrected chi connectivity index (χ4v) is 2.94. The SMILES string of the molecule is C=CCC(NC(=O)N1CCc2sccc2C1)C(=O)O. The van der Waals surface area contributed by atoms with E-state index in [-0.39, 0.29) is 12.5 Å². The van der Waals surface area contributed by atoms with E-state index in [2.05, 4.69) is 11.9 Å². The van der Waals surface area contributed by atoms with Gasteiger partial charge < -0.3 is 15.3 Å². The average molecular weight is 280 g/mol. The Kier molecular flexibility index (Phi) is 4.21. The first-order valence-corrected chi connectivity index (χ1v) is 6.94. The van der Waals surface area contributed by atoms with Gasteiger partial charge in [-0.05, 0) is 29.9 Å². The highest BCUT2D eigenvalue weighted by Crippen LogP contribution is 2.23. The lowest BCUT2D eigenvalue weighted by molar-refractivity contribution is -0.139. The second-order valence-electron chi connectivity index (χ2n) is 4.41. The van der Waals surface area contributed by atoms with Crippen LogP contribution >= 0.6 is 11.3 Å². The van der Waals surface area contributed by atoms with Crippen molar-refractivity contribution in [2.24, 2.45) is 0 Å². The Labute approximate surface area is 115 Å². The molecule has 0 radical (unpaired) electrons. The molecule has 1 aromatic rings. The zero-order chi connectivity index (χ0) is 13.8. The minimum Gasteiger partial charge on any atom is -0.480 e. The Balaban J connectivity index is 1.97. The molecular weight excluding hydrogens is 264 g/mol. The zero-order valence-corrected chi connectivity index (χ0v) is 11.3. The Morgan fingerprint density at radius 3 is 3.11 bits per heavy atom. The lowest BCUT2D eigenvalue weighted by Crippen LogP contribution is -2.48. The number of nitrogens with one attached hydrogen (secondary N) is 1. The number of aliphatic carboxylic acids is 1. The number of fused-ring (bicyclic) bond motifs is 1. The van der Waals surface area contributed by atoms with Crippen LogP contribution in [0.5, 0.6) is 0 Å². The number of nitrogens with zero attached hydrogens (tertiary/aromatic N) is 1. The molecule has 0 fully saturated rings. The molecule has 1 aliphatic heterocycles. The van der Waals surface area contributed by atoms with Gasteiger partial charge in [-0.3, -0.25) is 0 Å². The minimum atomic E-state index is -1.04. The first kappa shape index (κ1) is 13.6. The van der Waals surface area contributed by atoms with E-state index in [0.29, 0.717) is 13.1 Å². The topological polar surface area (TPSA) is 69.6 Å². The fraction of sp³-hybridized carbons (Fsp3) is 0.385. The van der Waals surface area contributed by atoms with Gasteiger partial charge in [-0.2, -0.15) is 0 Å². The van der Waals surface area contributed by atoms with Gasteiger partial charge in [0.15, 0.2) is 0 Å². The summed E-state index contributed by atoms with van der Waals surface area (Å²) < 4.78 is 0. The number of rotatable bonds is 4. The largest absolute Gasteiger partial charge is 0.480 e. The van der Waals surface area contributed by atoms with E-state index < -0.39 is 12.0 Å². The quantitative estimate of drug-likeness (QED) is 0.827. The van der Waals surface area contributed by atoms with Crippen LogP contribution in [0, 0.1) is 0 Å². The van der Waals surface area contributed by atoms with Gasteiger partial charge in [0, 0.05) is 18.0 Å². The summed E-state index contributed by atoms with van der Waals surface area (Å²) in [5.41, 5.74) is 1.15. The Bertz CT molecular complexity index is 498. The normalized spacial score (nSPS) is 15.5. The number of carboxylic acid groups (broad SMARTS) is 1. The van der Waals surface area contributed by atoms with Crippen molar-refractivity contribution in [1.29, 1.82) is 0 Å². The number of urea groups is 1. The van der Waals surface area contributed by atoms with Crippen molar-refractivity contribution in [2.75, 3.05) is 6.54 Å². The van der Waals surface area contributed by atoms with Gasteiger partial charge >= 0.3 is 12.0 Å². The first-order chi connectivity index (χ1) is 9.11. The van der Waals surface area contributed by atoms with Gasteiger partial charge in [0.25, 0.3) is 0 Å². The Morgan fingerprint density at radius 2 is 2.42 bits per heavy atom. The summed E-state index contributed by atoms with van der Waals surface area (Å²) in [6, 6.07) is 0.776. The summed E-state index contributed by atoms with van der Waals surface area (Å²) >= 11 is 1.70. The van der Waals surface area contributed by atoms with Crippen molar-refractivity contribution in [3.05, 3.63) is 34.5 Å². The maximum absolute atomic E-state index is 12.0. The smallest absolute Gasteiger partial charge is 0.326 e. The second kappa shape index (κ2) is 5.88. The van der Waals surface area contributed by atoms with Crippen LogP contribution in [-0.4, -0.2) is 34.6 Å². The lowest BCUT2D eigenvalue weighted by atomic mass is 10.1. The van der Waals surface area contributed by atoms with Crippen molar-refractivity contribution in [1.82, 2.24) is 10.2 Å². The van der Waals surface area contributed by atoms with Crippen molar-refractivity contribution >= 4 is 23.3 Å². The molecule has 5 nitrogen and oxygen atoms in total. The minimum absolute atomic E-state index is 0.221. The predicted molar refractivity (Wildman–Crippen MR) is 73.2 cm³/mol. The zero-order valence-electron chi connectivity index (χ0n) is 10.5. The summed E-state index contributed by atoms with van der Waals surface area (Å²) in [7, 11) is 0. The molecule has 0 bridgehead atoms. The Hall–Kier alpha value is -1.82. The number of hydrogen-bond donors (Lipinski definition) is 2. The summed E-state index contributed by atoms with van der Waals surface area (Å²) in [6.07, 6.45) is 2.55. The molecule has 1 unspecified atom stereocenters. The molecule has 1 atom stereocenters. The highest BCUT2D eigenvalue weighted by atomic mass is 32.1. The van der Waals surface area contributed by atoms with Crippen LogP contribution in [0.15, 0.2) is 24.1 Å². The van der Waals surface area contributed by atoms with Crippen LogP contribution in [0.1, 0.15) is 16.9 Å². The number of thiophene rings is 1. The van der Waals surface area contributed by atoms with E-state index in [1.165, 1.54) is 11.0 Å². The lowest BCUT2D eigenvalue weighted by Gasteiger charge is -2.28. The third kappa shape index (κ3) is 3.14. The van der Waals surface area contributed by atoms with Crippen molar-refractivity contribution in [3.63, 3.8) is 0 Å². The van der Waals surface area contributed by atoms with Gasteiger partial charge in [0.2, 0.25) is 0 Å². The van der Waals surface area contributed by atoms with Crippen LogP contribution in [-0.2, 0) is 17.8 Å². The highest BCUT2D eigenvalue weighted by molar-refractivity contribution is 7.10. The maximum Gasteiger partial charge on any atom is 0.326 e. The molecule has 19 heavy (non-hydrogen) atoms. The first-order valence-electron chi connectivity index (χ1n) is 6.06. The molecule has 2 N–H and O–H groups in total. The standard InChI is InChI=1S/C13H16N2O3S/c1-2-3-10(12(16)17)14-13(18)15-6-4-11-9(8-15)5-7-19-11/h2,5,7,10H,1,3-4,6,8H2,(H,14,18)(H,16,17). The molecule has 0 saturated carbocycles. The molecule has 2 rings (SSSR count). The summed E-state index contributed by atoms with van der Waals surface area (Å²) in [5, 5.41) is 13.5. The van der Waals surface area contributed by atoms with E-state index in [0.717, 1.165) is 12.0 Å². The molecule has 2 heterocycles. The van der Waals surface area contributed by atoms with Crippen LogP contribution in [0.25, 0.3) is 0 Å². The van der Waals surface area contributed by atoms with Crippen LogP contribution in [0.3, 0.4) is 0 Å². The third-order valence-electron chi connectivity index (χ3n) is 3.09. The number of hydrogen-bond acceptors (Lipinski definition) is 3. The molecule has 0 aromatic carbocycles. The molecular formula is C13H16N2O3S. The monoisotopic (exact) mass is 280 g/mol. The number of carboxylic acids is 1. The van der Waals surface area contributed by atoms with E-state index in [1.807, 2.05) is 11.4 Å². The van der Waals surface area contributed by atoms with Gasteiger partial charge in [-0.25, -0.2) is 9.59 Å². The summed E-state index contributed by atoms with van der Waals surface area (Å²) in [5.74, 6) is -1.04. The van der Waals surface area contributed by atoms with Crippen LogP contribution in [0.4, 0.5) is 4.79 Å². The summed E-state index contributed by atoms with van der Waals surface area (Å²) in [6.45, 7) is 4.67. The second-order valence-corrected chi connectivity index (χ2v) is 5.41. The molecule has 1 aliphatic rings. The van der Waals surface area contributed by atoms with Gasteiger partial charge in [0.05, 0.1) is 0 Å². The number of carbonyl (C=O) groups excluding carboxylic acids is 1. The molecule has 1 aromatic heterocycles. The van der Waals surface area contributed by atoms with Crippen molar-refractivity contribution in [2.45, 2.75) is 25.4 Å². The average Bonchev–Trinajstić information content (AvgIpc) is 2.85. The Morgan fingerprint density at radius 1 is 1.63 bits per heavy atom. The predicted octanol–water partition coefficient (Wildman–Crippen LogP) is 1.85. The van der Waals surface area contributed by atoms with Gasteiger partial charge in [0.1, 0.15) is 6.04 Å². The maximum atomic E-state index is 12.0. The van der Waals surface area contributed by atoms with Gasteiger partial charge in [-0.15, -0.1) is 17.9 Å². The number of amides is 2. The number of carbonyl (C=O) groups is 2. The van der Waals surface area contributed by atoms with E-state index in [4.69, 9.17) is 5.11 Å². The molecule has 0 spiro atoms. The third-order valence-corrected chi connectivity index (χ3v) is 4.12. The van der Waals surface area contributed by atoms with E-state index >= 15 is 0 Å².